The van der Waals surface area contributed by atoms with E-state index in [1.807, 2.05) is 0 Å². The van der Waals surface area contributed by atoms with E-state index in [4.69, 9.17) is 9.47 Å². The number of carbonyl (C=O) groups is 5. The SMILES string of the molecule is CC(=O)N[C@H](CSC(C)=O)C(=O)Oc1ccccc1C(=O)Oc1ccccc1C(C)=O. The molecule has 0 aliphatic carbocycles. The molecule has 0 aromatic heterocycles. The molecule has 1 N–H and O–H groups in total. The molecule has 0 saturated heterocycles. The van der Waals surface area contributed by atoms with Crippen LogP contribution >= 0.6 is 11.8 Å². The minimum absolute atomic E-state index is 0.0215. The summed E-state index contributed by atoms with van der Waals surface area (Å²) in [4.78, 5) is 59.7. The molecule has 0 heterocycles. The molecule has 2 aromatic carbocycles. The summed E-state index contributed by atoms with van der Waals surface area (Å²) in [6.07, 6.45) is 0. The summed E-state index contributed by atoms with van der Waals surface area (Å²) < 4.78 is 10.7. The van der Waals surface area contributed by atoms with Crippen LogP contribution in [0.4, 0.5) is 0 Å². The Hall–Kier alpha value is -3.46. The number of para-hydroxylation sites is 2. The third kappa shape index (κ3) is 7.07. The summed E-state index contributed by atoms with van der Waals surface area (Å²) >= 11 is 0.859. The highest BCUT2D eigenvalue weighted by Crippen LogP contribution is 2.24. The van der Waals surface area contributed by atoms with Crippen LogP contribution < -0.4 is 14.8 Å². The van der Waals surface area contributed by atoms with Gasteiger partial charge in [0.1, 0.15) is 23.1 Å². The number of thioether (sulfide) groups is 1. The van der Waals surface area contributed by atoms with Crippen molar-refractivity contribution >= 4 is 40.5 Å². The van der Waals surface area contributed by atoms with Gasteiger partial charge in [0.05, 0.1) is 5.56 Å². The van der Waals surface area contributed by atoms with Crippen LogP contribution in [0.5, 0.6) is 11.5 Å². The van der Waals surface area contributed by atoms with Gasteiger partial charge in [-0.25, -0.2) is 9.59 Å². The van der Waals surface area contributed by atoms with Crippen molar-refractivity contribution in [3.05, 3.63) is 59.7 Å². The highest BCUT2D eigenvalue weighted by molar-refractivity contribution is 8.13. The van der Waals surface area contributed by atoms with Crippen molar-refractivity contribution in [2.75, 3.05) is 5.75 Å². The molecule has 31 heavy (non-hydrogen) atoms. The second-order valence-corrected chi connectivity index (χ2v) is 7.61. The highest BCUT2D eigenvalue weighted by atomic mass is 32.2. The Morgan fingerprint density at radius 2 is 1.39 bits per heavy atom. The van der Waals surface area contributed by atoms with Gasteiger partial charge in [-0.05, 0) is 31.2 Å². The summed E-state index contributed by atoms with van der Waals surface area (Å²) in [7, 11) is 0. The lowest BCUT2D eigenvalue weighted by molar-refractivity contribution is -0.138. The Morgan fingerprint density at radius 1 is 0.839 bits per heavy atom. The van der Waals surface area contributed by atoms with Crippen molar-refractivity contribution in [1.82, 2.24) is 5.32 Å². The zero-order valence-corrected chi connectivity index (χ0v) is 18.0. The summed E-state index contributed by atoms with van der Waals surface area (Å²) in [5, 5.41) is 2.20. The minimum Gasteiger partial charge on any atom is -0.424 e. The predicted octanol–water partition coefficient (Wildman–Crippen LogP) is 2.80. The Kier molecular flexibility index (Phi) is 8.51. The van der Waals surface area contributed by atoms with Crippen LogP contribution in [0.2, 0.25) is 0 Å². The van der Waals surface area contributed by atoms with Crippen LogP contribution in [-0.4, -0.2) is 40.5 Å². The second kappa shape index (κ2) is 11.1. The van der Waals surface area contributed by atoms with Gasteiger partial charge < -0.3 is 14.8 Å². The number of hydrogen-bond donors (Lipinski definition) is 1. The molecule has 0 spiro atoms. The first-order chi connectivity index (χ1) is 14.7. The van der Waals surface area contributed by atoms with Crippen LogP contribution in [0, 0.1) is 0 Å². The molecule has 162 valence electrons. The third-order valence-electron chi connectivity index (χ3n) is 3.90. The Labute approximate surface area is 183 Å². The number of esters is 2. The number of ether oxygens (including phenoxy) is 2. The van der Waals surface area contributed by atoms with Crippen molar-refractivity contribution in [3.8, 4) is 11.5 Å². The molecule has 0 unspecified atom stereocenters. The molecule has 1 amide bonds. The van der Waals surface area contributed by atoms with Gasteiger partial charge in [0, 0.05) is 19.6 Å². The maximum absolute atomic E-state index is 12.7. The average Bonchev–Trinajstić information content (AvgIpc) is 2.71. The topological polar surface area (TPSA) is 116 Å². The maximum Gasteiger partial charge on any atom is 0.347 e. The molecule has 0 fully saturated rings. The summed E-state index contributed by atoms with van der Waals surface area (Å²) in [6.45, 7) is 3.92. The molecule has 2 aromatic rings. The summed E-state index contributed by atoms with van der Waals surface area (Å²) in [6, 6.07) is 11.1. The maximum atomic E-state index is 12.7. The number of benzene rings is 2. The predicted molar refractivity (Wildman–Crippen MR) is 114 cm³/mol. The molecular formula is C22H21NO7S. The van der Waals surface area contributed by atoms with E-state index in [1.165, 1.54) is 45.0 Å². The zero-order valence-electron chi connectivity index (χ0n) is 17.2. The average molecular weight is 443 g/mol. The molecular weight excluding hydrogens is 422 g/mol. The lowest BCUT2D eigenvalue weighted by atomic mass is 10.1. The van der Waals surface area contributed by atoms with Crippen molar-refractivity contribution in [2.45, 2.75) is 26.8 Å². The zero-order chi connectivity index (χ0) is 23.0. The molecule has 0 aliphatic heterocycles. The van der Waals surface area contributed by atoms with Gasteiger partial charge in [-0.15, -0.1) is 0 Å². The fraction of sp³-hybridized carbons (Fsp3) is 0.227. The fourth-order valence-corrected chi connectivity index (χ4v) is 3.14. The van der Waals surface area contributed by atoms with Gasteiger partial charge in [0.25, 0.3) is 0 Å². The van der Waals surface area contributed by atoms with Crippen molar-refractivity contribution < 1.29 is 33.4 Å². The van der Waals surface area contributed by atoms with Gasteiger partial charge in [0.15, 0.2) is 10.9 Å². The molecule has 1 atom stereocenters. The largest absolute Gasteiger partial charge is 0.424 e. The monoisotopic (exact) mass is 443 g/mol. The number of carbonyl (C=O) groups excluding carboxylic acids is 5. The number of amides is 1. The van der Waals surface area contributed by atoms with Crippen molar-refractivity contribution in [3.63, 3.8) is 0 Å². The van der Waals surface area contributed by atoms with Crippen LogP contribution in [0.25, 0.3) is 0 Å². The minimum atomic E-state index is -1.09. The number of rotatable bonds is 8. The van der Waals surface area contributed by atoms with Gasteiger partial charge in [-0.3, -0.25) is 14.4 Å². The standard InChI is InChI=1S/C22H21NO7S/c1-13(24)16-8-4-6-10-19(16)29-21(27)17-9-5-7-11-20(17)30-22(28)18(23-14(2)25)12-31-15(3)26/h4-11,18H,12H2,1-3H3,(H,23,25)/t18-/m1/s1. The van der Waals surface area contributed by atoms with E-state index < -0.39 is 23.9 Å². The van der Waals surface area contributed by atoms with E-state index in [0.29, 0.717) is 0 Å². The van der Waals surface area contributed by atoms with E-state index in [-0.39, 0.29) is 39.3 Å². The molecule has 0 bridgehead atoms. The molecule has 0 aliphatic rings. The van der Waals surface area contributed by atoms with Gasteiger partial charge in [0.2, 0.25) is 5.91 Å². The van der Waals surface area contributed by atoms with Gasteiger partial charge in [-0.1, -0.05) is 36.0 Å². The van der Waals surface area contributed by atoms with E-state index in [9.17, 15) is 24.0 Å². The van der Waals surface area contributed by atoms with Crippen molar-refractivity contribution in [2.24, 2.45) is 0 Å². The van der Waals surface area contributed by atoms with Crippen LogP contribution in [0.15, 0.2) is 48.5 Å². The molecule has 0 radical (unpaired) electrons. The van der Waals surface area contributed by atoms with Crippen LogP contribution in [-0.2, 0) is 14.4 Å². The third-order valence-corrected chi connectivity index (χ3v) is 4.81. The summed E-state index contributed by atoms with van der Waals surface area (Å²) in [5.41, 5.74) is 0.187. The molecule has 0 saturated carbocycles. The molecule has 8 nitrogen and oxygen atoms in total. The number of Topliss-reactive ketones (excluding diaryl/α,β-unsaturated/α-hetero) is 1. The lowest BCUT2D eigenvalue weighted by Gasteiger charge is -2.17. The lowest BCUT2D eigenvalue weighted by Crippen LogP contribution is -2.44. The van der Waals surface area contributed by atoms with E-state index in [2.05, 4.69) is 5.32 Å². The number of hydrogen-bond acceptors (Lipinski definition) is 8. The summed E-state index contributed by atoms with van der Waals surface area (Å²) in [5.74, 6) is -2.44. The fourth-order valence-electron chi connectivity index (χ4n) is 2.52. The Balaban J connectivity index is 2.23. The quantitative estimate of drug-likeness (QED) is 0.376. The first-order valence-electron chi connectivity index (χ1n) is 9.22. The van der Waals surface area contributed by atoms with Crippen LogP contribution in [0.3, 0.4) is 0 Å². The highest BCUT2D eigenvalue weighted by Gasteiger charge is 2.25. The number of ketones is 1. The van der Waals surface area contributed by atoms with Crippen LogP contribution in [0.1, 0.15) is 41.5 Å². The second-order valence-electron chi connectivity index (χ2n) is 6.41. The smallest absolute Gasteiger partial charge is 0.347 e. The normalized spacial score (nSPS) is 11.2. The molecule has 9 heteroatoms. The molecule has 2 rings (SSSR count). The first kappa shape index (κ1) is 23.8. The number of nitrogens with one attached hydrogen (secondary N) is 1. The van der Waals surface area contributed by atoms with E-state index >= 15 is 0 Å². The van der Waals surface area contributed by atoms with E-state index in [0.717, 1.165) is 11.8 Å². The first-order valence-corrected chi connectivity index (χ1v) is 10.2. The van der Waals surface area contributed by atoms with E-state index in [1.54, 1.807) is 24.3 Å². The Morgan fingerprint density at radius 3 is 1.94 bits per heavy atom. The van der Waals surface area contributed by atoms with Gasteiger partial charge >= 0.3 is 11.9 Å². The van der Waals surface area contributed by atoms with Crippen molar-refractivity contribution in [1.29, 1.82) is 0 Å². The Bertz CT molecular complexity index is 1020. The van der Waals surface area contributed by atoms with Gasteiger partial charge in [-0.2, -0.15) is 0 Å².